The second kappa shape index (κ2) is 6.78. The molecule has 1 amide bonds. The monoisotopic (exact) mass is 355 g/mol. The number of ether oxygens (including phenoxy) is 1. The van der Waals surface area contributed by atoms with Crippen molar-refractivity contribution in [3.8, 4) is 0 Å². The average molecular weight is 356 g/mol. The molecule has 1 saturated heterocycles. The summed E-state index contributed by atoms with van der Waals surface area (Å²) in [5, 5.41) is 6.07. The fraction of sp³-hybridized carbons (Fsp3) is 0.333. The second-order valence-corrected chi connectivity index (χ2v) is 6.03. The maximum atomic E-state index is 12.6. The molecule has 8 heteroatoms. The van der Waals surface area contributed by atoms with Crippen molar-refractivity contribution in [1.29, 1.82) is 0 Å². The maximum absolute atomic E-state index is 12.6. The highest BCUT2D eigenvalue weighted by Gasteiger charge is 2.25. The third-order valence-electron chi connectivity index (χ3n) is 3.80. The summed E-state index contributed by atoms with van der Waals surface area (Å²) in [5.74, 6) is -0.232. The highest BCUT2D eigenvalue weighted by Crippen LogP contribution is 2.26. The second-order valence-electron chi connectivity index (χ2n) is 5.21. The summed E-state index contributed by atoms with van der Waals surface area (Å²) in [6.45, 7) is 1.98. The van der Waals surface area contributed by atoms with Gasteiger partial charge in [0.1, 0.15) is 5.69 Å². The third-order valence-corrected chi connectivity index (χ3v) is 4.51. The SMILES string of the molecule is O=C(c1[nH][nH]c(=O)c1Cc1c(Cl)cccc1Cl)N1CCOCC1. The number of nitrogens with zero attached hydrogens (tertiary/aromatic N) is 1. The van der Waals surface area contributed by atoms with Crippen LogP contribution in [0.2, 0.25) is 10.0 Å². The van der Waals surface area contributed by atoms with Crippen LogP contribution in [0.4, 0.5) is 0 Å². The van der Waals surface area contributed by atoms with Gasteiger partial charge in [0.15, 0.2) is 0 Å². The first-order valence-electron chi connectivity index (χ1n) is 7.17. The van der Waals surface area contributed by atoms with E-state index in [9.17, 15) is 9.59 Å². The molecule has 0 saturated carbocycles. The molecule has 1 aromatic heterocycles. The molecule has 6 nitrogen and oxygen atoms in total. The van der Waals surface area contributed by atoms with Crippen LogP contribution in [0.3, 0.4) is 0 Å². The van der Waals surface area contributed by atoms with Crippen LogP contribution in [-0.4, -0.2) is 47.3 Å². The van der Waals surface area contributed by atoms with Gasteiger partial charge in [-0.1, -0.05) is 29.3 Å². The number of halogens is 2. The van der Waals surface area contributed by atoms with Gasteiger partial charge in [0.05, 0.1) is 18.8 Å². The number of nitrogens with one attached hydrogen (secondary N) is 2. The van der Waals surface area contributed by atoms with Gasteiger partial charge in [-0.05, 0) is 17.7 Å². The zero-order chi connectivity index (χ0) is 16.4. The van der Waals surface area contributed by atoms with Crippen molar-refractivity contribution in [2.45, 2.75) is 6.42 Å². The van der Waals surface area contributed by atoms with Crippen LogP contribution in [0.1, 0.15) is 21.6 Å². The lowest BCUT2D eigenvalue weighted by molar-refractivity contribution is 0.0298. The number of benzene rings is 1. The van der Waals surface area contributed by atoms with Gasteiger partial charge >= 0.3 is 0 Å². The van der Waals surface area contributed by atoms with Gasteiger partial charge in [0.2, 0.25) is 0 Å². The number of carbonyl (C=O) groups is 1. The Hall–Kier alpha value is -1.76. The maximum Gasteiger partial charge on any atom is 0.272 e. The number of carbonyl (C=O) groups excluding carboxylic acids is 1. The molecular weight excluding hydrogens is 341 g/mol. The number of aromatic nitrogens is 2. The fourth-order valence-corrected chi connectivity index (χ4v) is 3.07. The summed E-state index contributed by atoms with van der Waals surface area (Å²) in [5.41, 5.74) is 0.846. The van der Waals surface area contributed by atoms with E-state index in [2.05, 4.69) is 10.2 Å². The van der Waals surface area contributed by atoms with E-state index in [0.29, 0.717) is 47.5 Å². The Morgan fingerprint density at radius 3 is 2.43 bits per heavy atom. The quantitative estimate of drug-likeness (QED) is 0.884. The van der Waals surface area contributed by atoms with Crippen LogP contribution < -0.4 is 5.56 Å². The lowest BCUT2D eigenvalue weighted by Gasteiger charge is -2.26. The van der Waals surface area contributed by atoms with E-state index in [1.807, 2.05) is 0 Å². The van der Waals surface area contributed by atoms with Crippen molar-refractivity contribution >= 4 is 29.1 Å². The Balaban J connectivity index is 1.93. The minimum atomic E-state index is -0.349. The molecule has 0 bridgehead atoms. The smallest absolute Gasteiger partial charge is 0.272 e. The molecule has 0 aliphatic carbocycles. The van der Waals surface area contributed by atoms with Crippen molar-refractivity contribution < 1.29 is 9.53 Å². The van der Waals surface area contributed by atoms with Crippen LogP contribution in [0.15, 0.2) is 23.0 Å². The van der Waals surface area contributed by atoms with Gasteiger partial charge < -0.3 is 9.64 Å². The standard InChI is InChI=1S/C15H15Cl2N3O3/c16-11-2-1-3-12(17)9(11)8-10-13(18-19-14(10)21)15(22)20-4-6-23-7-5-20/h1-3H,4-8H2,(H2,18,19,21). The molecule has 1 aliphatic heterocycles. The van der Waals surface area contributed by atoms with Gasteiger partial charge in [-0.15, -0.1) is 0 Å². The lowest BCUT2D eigenvalue weighted by Crippen LogP contribution is -2.41. The Kier molecular flexibility index (Phi) is 4.75. The number of aromatic amines is 2. The topological polar surface area (TPSA) is 78.2 Å². The van der Waals surface area contributed by atoms with E-state index in [0.717, 1.165) is 0 Å². The van der Waals surface area contributed by atoms with E-state index in [1.54, 1.807) is 23.1 Å². The van der Waals surface area contributed by atoms with Gasteiger partial charge in [-0.3, -0.25) is 19.8 Å². The number of amides is 1. The largest absolute Gasteiger partial charge is 0.378 e. The molecule has 0 radical (unpaired) electrons. The first kappa shape index (κ1) is 16.1. The van der Waals surface area contributed by atoms with E-state index in [-0.39, 0.29) is 23.6 Å². The molecule has 3 rings (SSSR count). The molecule has 0 unspecified atom stereocenters. The lowest BCUT2D eigenvalue weighted by atomic mass is 10.0. The Morgan fingerprint density at radius 1 is 1.13 bits per heavy atom. The molecule has 122 valence electrons. The molecule has 1 fully saturated rings. The summed E-state index contributed by atoms with van der Waals surface area (Å²) < 4.78 is 5.24. The van der Waals surface area contributed by atoms with Crippen molar-refractivity contribution in [2.24, 2.45) is 0 Å². The summed E-state index contributed by atoms with van der Waals surface area (Å²) in [4.78, 5) is 26.3. The molecular formula is C15H15Cl2N3O3. The molecule has 2 aromatic rings. The minimum Gasteiger partial charge on any atom is -0.378 e. The van der Waals surface area contributed by atoms with Crippen LogP contribution in [-0.2, 0) is 11.2 Å². The number of rotatable bonds is 3. The first-order valence-corrected chi connectivity index (χ1v) is 7.93. The molecule has 0 spiro atoms. The first-order chi connectivity index (χ1) is 11.1. The predicted molar refractivity (Wildman–Crippen MR) is 87.4 cm³/mol. The highest BCUT2D eigenvalue weighted by atomic mass is 35.5. The van der Waals surface area contributed by atoms with Gasteiger partial charge in [0, 0.05) is 29.6 Å². The zero-order valence-electron chi connectivity index (χ0n) is 12.2. The molecule has 0 atom stereocenters. The van der Waals surface area contributed by atoms with Crippen molar-refractivity contribution in [3.63, 3.8) is 0 Å². The van der Waals surface area contributed by atoms with Gasteiger partial charge in [-0.2, -0.15) is 0 Å². The van der Waals surface area contributed by atoms with Gasteiger partial charge in [-0.25, -0.2) is 0 Å². The fourth-order valence-electron chi connectivity index (χ4n) is 2.54. The number of morpholine rings is 1. The van der Waals surface area contributed by atoms with E-state index < -0.39 is 0 Å². The minimum absolute atomic E-state index is 0.183. The Bertz CT molecular complexity index is 758. The number of hydrogen-bond donors (Lipinski definition) is 2. The zero-order valence-corrected chi connectivity index (χ0v) is 13.7. The summed E-state index contributed by atoms with van der Waals surface area (Å²) >= 11 is 12.3. The van der Waals surface area contributed by atoms with E-state index in [4.69, 9.17) is 27.9 Å². The van der Waals surface area contributed by atoms with Crippen LogP contribution in [0, 0.1) is 0 Å². The normalized spacial score (nSPS) is 15.0. The van der Waals surface area contributed by atoms with Crippen LogP contribution >= 0.6 is 23.2 Å². The molecule has 1 aromatic carbocycles. The average Bonchev–Trinajstić information content (AvgIpc) is 2.92. The van der Waals surface area contributed by atoms with E-state index >= 15 is 0 Å². The predicted octanol–water partition coefficient (Wildman–Crippen LogP) is 2.07. The van der Waals surface area contributed by atoms with Crippen LogP contribution in [0.25, 0.3) is 0 Å². The van der Waals surface area contributed by atoms with Crippen LogP contribution in [0.5, 0.6) is 0 Å². The summed E-state index contributed by atoms with van der Waals surface area (Å²) in [7, 11) is 0. The molecule has 1 aliphatic rings. The molecule has 23 heavy (non-hydrogen) atoms. The Labute approximate surface area is 142 Å². The molecule has 2 N–H and O–H groups in total. The molecule has 2 heterocycles. The highest BCUT2D eigenvalue weighted by molar-refractivity contribution is 6.36. The van der Waals surface area contributed by atoms with Crippen molar-refractivity contribution in [3.05, 3.63) is 55.4 Å². The Morgan fingerprint density at radius 2 is 1.78 bits per heavy atom. The van der Waals surface area contributed by atoms with Crippen molar-refractivity contribution in [1.82, 2.24) is 15.1 Å². The summed E-state index contributed by atoms with van der Waals surface area (Å²) in [6.07, 6.45) is 0.183. The number of H-pyrrole nitrogens is 2. The van der Waals surface area contributed by atoms with Crippen molar-refractivity contribution in [2.75, 3.05) is 26.3 Å². The van der Waals surface area contributed by atoms with Gasteiger partial charge in [0.25, 0.3) is 11.5 Å². The third kappa shape index (κ3) is 3.29. The van der Waals surface area contributed by atoms with E-state index in [1.165, 1.54) is 0 Å². The number of hydrogen-bond acceptors (Lipinski definition) is 3. The summed E-state index contributed by atoms with van der Waals surface area (Å²) in [6, 6.07) is 5.13.